The maximum absolute atomic E-state index is 12.6. The topological polar surface area (TPSA) is 51.1 Å². The zero-order chi connectivity index (χ0) is 17.4. The number of benzene rings is 1. The van der Waals surface area contributed by atoms with Gasteiger partial charge in [-0.25, -0.2) is 0 Å². The number of hydrogen-bond donors (Lipinski definition) is 1. The number of carbonyl (C=O) groups excluding carboxylic acids is 1. The third-order valence-electron chi connectivity index (χ3n) is 4.43. The molecule has 1 heterocycles. The molecule has 0 saturated carbocycles. The van der Waals surface area contributed by atoms with Gasteiger partial charge in [-0.05, 0) is 24.0 Å². The van der Waals surface area contributed by atoms with Gasteiger partial charge in [-0.1, -0.05) is 56.7 Å². The molecule has 0 radical (unpaired) electrons. The van der Waals surface area contributed by atoms with Crippen molar-refractivity contribution in [1.29, 1.82) is 0 Å². The number of aromatic nitrogens is 1. The van der Waals surface area contributed by atoms with Crippen LogP contribution in [0.1, 0.15) is 38.2 Å². The molecule has 1 aromatic carbocycles. The van der Waals surface area contributed by atoms with Crippen molar-refractivity contribution in [2.45, 2.75) is 39.2 Å². The monoisotopic (exact) mass is 326 g/mol. The first-order valence-electron chi connectivity index (χ1n) is 8.61. The highest BCUT2D eigenvalue weighted by Crippen LogP contribution is 2.27. The van der Waals surface area contributed by atoms with Crippen molar-refractivity contribution in [2.24, 2.45) is 5.92 Å². The molecule has 0 unspecified atom stereocenters. The Balaban J connectivity index is 1.91. The van der Waals surface area contributed by atoms with Crippen LogP contribution in [-0.2, 0) is 11.3 Å². The summed E-state index contributed by atoms with van der Waals surface area (Å²) < 4.78 is 1.66. The molecule has 4 nitrogen and oxygen atoms in total. The zero-order valence-corrected chi connectivity index (χ0v) is 14.4. The number of nitrogens with zero attached hydrogens (tertiary/aromatic N) is 1. The van der Waals surface area contributed by atoms with Crippen molar-refractivity contribution < 1.29 is 4.79 Å². The van der Waals surface area contributed by atoms with Crippen LogP contribution in [0.5, 0.6) is 0 Å². The smallest absolute Gasteiger partial charge is 0.250 e. The van der Waals surface area contributed by atoms with Gasteiger partial charge < -0.3 is 9.88 Å². The van der Waals surface area contributed by atoms with E-state index < -0.39 is 0 Å². The van der Waals surface area contributed by atoms with Gasteiger partial charge in [0.1, 0.15) is 0 Å². The van der Waals surface area contributed by atoms with Crippen molar-refractivity contribution in [3.63, 3.8) is 0 Å². The molecule has 24 heavy (non-hydrogen) atoms. The van der Waals surface area contributed by atoms with Gasteiger partial charge in [0.25, 0.3) is 0 Å². The van der Waals surface area contributed by atoms with Gasteiger partial charge in [-0.3, -0.25) is 9.59 Å². The highest BCUT2D eigenvalue weighted by atomic mass is 16.2. The second kappa shape index (κ2) is 9.06. The zero-order valence-electron chi connectivity index (χ0n) is 14.4. The van der Waals surface area contributed by atoms with Crippen LogP contribution in [0.3, 0.4) is 0 Å². The van der Waals surface area contributed by atoms with Gasteiger partial charge in [0.2, 0.25) is 11.5 Å². The van der Waals surface area contributed by atoms with Gasteiger partial charge in [-0.15, -0.1) is 0 Å². The average Bonchev–Trinajstić information content (AvgIpc) is 2.61. The highest BCUT2D eigenvalue weighted by Gasteiger charge is 2.25. The van der Waals surface area contributed by atoms with E-state index in [2.05, 4.69) is 19.2 Å². The van der Waals surface area contributed by atoms with Gasteiger partial charge in [-0.2, -0.15) is 0 Å². The minimum absolute atomic E-state index is 0.00871. The SMILES string of the molecule is CC[C@@H](C)[C@H](C(=O)NCCCn1ccccc1=O)c1ccccc1. The van der Waals surface area contributed by atoms with E-state index in [0.29, 0.717) is 13.1 Å². The Bertz CT molecular complexity index is 694. The molecule has 1 N–H and O–H groups in total. The van der Waals surface area contributed by atoms with Gasteiger partial charge in [0.05, 0.1) is 5.92 Å². The van der Waals surface area contributed by atoms with Crippen LogP contribution in [0.2, 0.25) is 0 Å². The van der Waals surface area contributed by atoms with E-state index in [1.54, 1.807) is 22.9 Å². The first-order chi connectivity index (χ1) is 11.6. The Morgan fingerprint density at radius 2 is 1.83 bits per heavy atom. The maximum Gasteiger partial charge on any atom is 0.250 e. The summed E-state index contributed by atoms with van der Waals surface area (Å²) in [5.41, 5.74) is 1.05. The molecule has 0 spiro atoms. The quantitative estimate of drug-likeness (QED) is 0.758. The van der Waals surface area contributed by atoms with Crippen molar-refractivity contribution in [2.75, 3.05) is 6.54 Å². The fraction of sp³-hybridized carbons (Fsp3) is 0.400. The molecule has 1 amide bonds. The number of nitrogens with one attached hydrogen (secondary N) is 1. The summed E-state index contributed by atoms with van der Waals surface area (Å²) >= 11 is 0. The first-order valence-corrected chi connectivity index (χ1v) is 8.61. The van der Waals surface area contributed by atoms with E-state index >= 15 is 0 Å². The van der Waals surface area contributed by atoms with Gasteiger partial charge in [0, 0.05) is 25.4 Å². The van der Waals surface area contributed by atoms with Crippen LogP contribution in [-0.4, -0.2) is 17.0 Å². The van der Waals surface area contributed by atoms with Gasteiger partial charge in [0.15, 0.2) is 0 Å². The summed E-state index contributed by atoms with van der Waals surface area (Å²) in [6.07, 6.45) is 3.46. The summed E-state index contributed by atoms with van der Waals surface area (Å²) in [6, 6.07) is 15.1. The van der Waals surface area contributed by atoms with E-state index in [0.717, 1.165) is 18.4 Å². The van der Waals surface area contributed by atoms with Crippen molar-refractivity contribution in [3.05, 3.63) is 70.6 Å². The maximum atomic E-state index is 12.6. The molecule has 4 heteroatoms. The van der Waals surface area contributed by atoms with E-state index in [4.69, 9.17) is 0 Å². The van der Waals surface area contributed by atoms with Crippen molar-refractivity contribution in [3.8, 4) is 0 Å². The van der Waals surface area contributed by atoms with Crippen LogP contribution in [0.4, 0.5) is 0 Å². The predicted molar refractivity (Wildman–Crippen MR) is 97.0 cm³/mol. The molecular formula is C20H26N2O2. The minimum atomic E-state index is -0.129. The molecule has 2 rings (SSSR count). The molecule has 0 bridgehead atoms. The lowest BCUT2D eigenvalue weighted by Gasteiger charge is -2.22. The Kier molecular flexibility index (Phi) is 6.79. The summed E-state index contributed by atoms with van der Waals surface area (Å²) in [5.74, 6) is 0.218. The average molecular weight is 326 g/mol. The Labute approximate surface area is 143 Å². The number of pyridine rings is 1. The van der Waals surface area contributed by atoms with Crippen LogP contribution < -0.4 is 10.9 Å². The Morgan fingerprint density at radius 3 is 2.50 bits per heavy atom. The molecule has 0 aliphatic carbocycles. The Hall–Kier alpha value is -2.36. The lowest BCUT2D eigenvalue weighted by atomic mass is 9.85. The molecule has 0 saturated heterocycles. The summed E-state index contributed by atoms with van der Waals surface area (Å²) in [6.45, 7) is 5.40. The molecule has 2 atom stereocenters. The lowest BCUT2D eigenvalue weighted by Crippen LogP contribution is -2.34. The number of amides is 1. The number of rotatable bonds is 8. The fourth-order valence-electron chi connectivity index (χ4n) is 2.85. The third-order valence-corrected chi connectivity index (χ3v) is 4.43. The third kappa shape index (κ3) is 4.82. The second-order valence-corrected chi connectivity index (χ2v) is 6.15. The van der Waals surface area contributed by atoms with Crippen LogP contribution >= 0.6 is 0 Å². The predicted octanol–water partition coefficient (Wildman–Crippen LogP) is 3.18. The molecular weight excluding hydrogens is 300 g/mol. The number of hydrogen-bond acceptors (Lipinski definition) is 2. The van der Waals surface area contributed by atoms with Crippen LogP contribution in [0.25, 0.3) is 0 Å². The van der Waals surface area contributed by atoms with E-state index in [-0.39, 0.29) is 23.3 Å². The molecule has 0 aliphatic rings. The number of carbonyl (C=O) groups is 1. The summed E-state index contributed by atoms with van der Waals surface area (Å²) in [5, 5.41) is 3.03. The van der Waals surface area contributed by atoms with Gasteiger partial charge >= 0.3 is 0 Å². The Morgan fingerprint density at radius 1 is 1.12 bits per heavy atom. The van der Waals surface area contributed by atoms with Crippen LogP contribution in [0, 0.1) is 5.92 Å². The minimum Gasteiger partial charge on any atom is -0.355 e. The van der Waals surface area contributed by atoms with Crippen molar-refractivity contribution >= 4 is 5.91 Å². The standard InChI is InChI=1S/C20H26N2O2/c1-3-16(2)19(17-10-5-4-6-11-17)20(24)21-13-9-15-22-14-8-7-12-18(22)23/h4-8,10-12,14,16,19H,3,9,13,15H2,1-2H3,(H,21,24)/t16-,19+/m1/s1. The largest absolute Gasteiger partial charge is 0.355 e. The fourth-order valence-corrected chi connectivity index (χ4v) is 2.85. The summed E-state index contributed by atoms with van der Waals surface area (Å²) in [4.78, 5) is 24.3. The first kappa shape index (κ1) is 18.0. The molecule has 2 aromatic rings. The molecule has 128 valence electrons. The molecule has 0 fully saturated rings. The normalized spacial score (nSPS) is 13.2. The van der Waals surface area contributed by atoms with E-state index in [9.17, 15) is 9.59 Å². The number of aryl methyl sites for hydroxylation is 1. The van der Waals surface area contributed by atoms with E-state index in [1.165, 1.54) is 0 Å². The second-order valence-electron chi connectivity index (χ2n) is 6.15. The van der Waals surface area contributed by atoms with Crippen molar-refractivity contribution in [1.82, 2.24) is 9.88 Å². The molecule has 1 aromatic heterocycles. The highest BCUT2D eigenvalue weighted by molar-refractivity contribution is 5.83. The lowest BCUT2D eigenvalue weighted by molar-refractivity contribution is -0.123. The van der Waals surface area contributed by atoms with E-state index in [1.807, 2.05) is 36.4 Å². The molecule has 0 aliphatic heterocycles. The van der Waals surface area contributed by atoms with Crippen LogP contribution in [0.15, 0.2) is 59.5 Å². The summed E-state index contributed by atoms with van der Waals surface area (Å²) in [7, 11) is 0.